The standard InChI is InChI=1S/2C30H22.C29H20O.C18H13N.C16H17N/c2*1-5-13-23(14-6-1)27-21-22-28(24-15-7-2-8-16-24)30(26-19-11-4-12-20-26)29(27)25-17-9-3-10-18-25;30-29-27(23-17-9-3-10-18-23)25(21-13-5-1-6-14-21)26(22-15-7-2-8-16-22)28(29)24-19-11-4-12-20-24;1-4-13-7-9-17-15(11-13)16-12-14(5-2)8-10-18(16)19(17)6-3;1-4-17-15-7-5-11(2)9-13(15)14-10-12(3)6-8-16(14)17/h2*1-22H;1-20H;1-2,7-12H,6H2,3H3;5-10H,4H2,1-3H3. The van der Waals surface area contributed by atoms with Crippen LogP contribution in [0.2, 0.25) is 0 Å². The summed E-state index contributed by atoms with van der Waals surface area (Å²) < 4.78 is 4.68. The van der Waals surface area contributed by atoms with Crippen LogP contribution < -0.4 is 0 Å². The highest BCUT2D eigenvalue weighted by Gasteiger charge is 2.35. The van der Waals surface area contributed by atoms with E-state index in [2.05, 4.69) is 401 Å². The number of aromatic nitrogens is 2. The van der Waals surface area contributed by atoms with Gasteiger partial charge in [0.1, 0.15) is 0 Å². The number of ketones is 1. The van der Waals surface area contributed by atoms with Crippen LogP contribution in [0, 0.1) is 38.5 Å². The lowest BCUT2D eigenvalue weighted by Gasteiger charge is -2.20. The first-order valence-corrected chi connectivity index (χ1v) is 43.2. The van der Waals surface area contributed by atoms with Crippen molar-refractivity contribution in [3.05, 3.63) is 506 Å². The number of rotatable bonds is 14. The van der Waals surface area contributed by atoms with Crippen molar-refractivity contribution < 1.29 is 4.79 Å². The maximum atomic E-state index is 14.0. The van der Waals surface area contributed by atoms with E-state index in [1.165, 1.54) is 144 Å². The molecule has 1 aliphatic rings. The Labute approximate surface area is 740 Å². The van der Waals surface area contributed by atoms with Gasteiger partial charge in [0.15, 0.2) is 5.78 Å². The van der Waals surface area contributed by atoms with Crippen LogP contribution in [0.3, 0.4) is 0 Å². The lowest BCUT2D eigenvalue weighted by atomic mass is 9.83. The van der Waals surface area contributed by atoms with Crippen LogP contribution in [0.25, 0.3) is 155 Å². The molecule has 18 aromatic carbocycles. The van der Waals surface area contributed by atoms with Gasteiger partial charge in [0.25, 0.3) is 0 Å². The van der Waals surface area contributed by atoms with Crippen molar-refractivity contribution in [3.63, 3.8) is 0 Å². The van der Waals surface area contributed by atoms with E-state index in [1.54, 1.807) is 0 Å². The zero-order chi connectivity index (χ0) is 86.1. The minimum absolute atomic E-state index is 0.0742. The van der Waals surface area contributed by atoms with E-state index in [4.69, 9.17) is 12.8 Å². The fourth-order valence-electron chi connectivity index (χ4n) is 17.7. The summed E-state index contributed by atoms with van der Waals surface area (Å²) in [6, 6.07) is 161. The van der Waals surface area contributed by atoms with Crippen molar-refractivity contribution in [2.45, 2.75) is 40.8 Å². The third-order valence-electron chi connectivity index (χ3n) is 23.5. The van der Waals surface area contributed by atoms with E-state index in [9.17, 15) is 4.79 Å². The summed E-state index contributed by atoms with van der Waals surface area (Å²) in [5.74, 6) is 5.45. The molecular weight excluding hydrogens is 1520 g/mol. The molecule has 20 aromatic rings. The normalized spacial score (nSPS) is 11.5. The summed E-state index contributed by atoms with van der Waals surface area (Å²) in [5, 5.41) is 5.10. The number of hydrogen-bond acceptors (Lipinski definition) is 1. The number of allylic oxidation sites excluding steroid dienone is 4. The monoisotopic (exact) mass is 1610 g/mol. The lowest BCUT2D eigenvalue weighted by Crippen LogP contribution is -2.01. The lowest BCUT2D eigenvalue weighted by molar-refractivity contribution is -0.108. The van der Waals surface area contributed by atoms with E-state index >= 15 is 0 Å². The van der Waals surface area contributed by atoms with Gasteiger partial charge in [-0.3, -0.25) is 4.79 Å². The number of Topliss-reactive ketones (excluding diaryl/α,β-unsaturated/α-hetero) is 1. The van der Waals surface area contributed by atoms with Crippen molar-refractivity contribution in [2.24, 2.45) is 0 Å². The zero-order valence-corrected chi connectivity index (χ0v) is 71.3. The van der Waals surface area contributed by atoms with Gasteiger partial charge in [-0.25, -0.2) is 0 Å². The Hall–Kier alpha value is -16.2. The molecular formula is C123H94N2O. The summed E-state index contributed by atoms with van der Waals surface area (Å²) in [6.45, 7) is 10.6. The molecule has 3 heteroatoms. The van der Waals surface area contributed by atoms with Gasteiger partial charge < -0.3 is 9.13 Å². The Kier molecular flexibility index (Phi) is 25.2. The van der Waals surface area contributed by atoms with Gasteiger partial charge in [-0.05, 0) is 200 Å². The summed E-state index contributed by atoms with van der Waals surface area (Å²) >= 11 is 0. The second-order valence-electron chi connectivity index (χ2n) is 31.3. The molecule has 2 heterocycles. The molecule has 0 aliphatic heterocycles. The second-order valence-corrected chi connectivity index (χ2v) is 31.3. The molecule has 2 aromatic heterocycles. The highest BCUT2D eigenvalue weighted by atomic mass is 16.1. The average molecular weight is 1620 g/mol. The van der Waals surface area contributed by atoms with Gasteiger partial charge in [-0.2, -0.15) is 0 Å². The molecule has 0 amide bonds. The molecule has 1 aliphatic carbocycles. The third kappa shape index (κ3) is 17.4. The van der Waals surface area contributed by atoms with E-state index in [0.717, 1.165) is 68.8 Å². The van der Waals surface area contributed by atoms with Gasteiger partial charge in [0.05, 0.1) is 0 Å². The molecule has 0 N–H and O–H groups in total. The van der Waals surface area contributed by atoms with Crippen LogP contribution >= 0.6 is 0 Å². The Morgan fingerprint density at radius 1 is 0.214 bits per heavy atom. The van der Waals surface area contributed by atoms with E-state index < -0.39 is 0 Å². The van der Waals surface area contributed by atoms with Crippen LogP contribution in [-0.2, 0) is 17.9 Å². The Morgan fingerprint density at radius 3 is 0.619 bits per heavy atom. The van der Waals surface area contributed by atoms with Gasteiger partial charge in [-0.15, -0.1) is 12.8 Å². The largest absolute Gasteiger partial charge is 0.341 e. The molecule has 0 atom stereocenters. The number of terminal acetylenes is 2. The van der Waals surface area contributed by atoms with Gasteiger partial charge in [-0.1, -0.05) is 423 Å². The first-order valence-electron chi connectivity index (χ1n) is 43.2. The molecule has 0 unspecified atom stereocenters. The fraction of sp³-hybridized carbons (Fsp3) is 0.0488. The van der Waals surface area contributed by atoms with Gasteiger partial charge in [0, 0.05) is 90.1 Å². The van der Waals surface area contributed by atoms with E-state index in [1.807, 2.05) is 109 Å². The molecule has 126 heavy (non-hydrogen) atoms. The van der Waals surface area contributed by atoms with Crippen molar-refractivity contribution >= 4 is 71.7 Å². The van der Waals surface area contributed by atoms with Crippen molar-refractivity contribution in [1.82, 2.24) is 9.13 Å². The topological polar surface area (TPSA) is 26.9 Å². The Bertz CT molecular complexity index is 6710. The second kappa shape index (κ2) is 38.7. The predicted molar refractivity (Wildman–Crippen MR) is 536 cm³/mol. The quantitative estimate of drug-likeness (QED) is 0.0997. The Morgan fingerprint density at radius 2 is 0.405 bits per heavy atom. The third-order valence-corrected chi connectivity index (χ3v) is 23.5. The molecule has 602 valence electrons. The number of carbonyl (C=O) groups excluding carboxylic acids is 1. The highest BCUT2D eigenvalue weighted by molar-refractivity contribution is 6.59. The number of hydrogen-bond donors (Lipinski definition) is 0. The summed E-state index contributed by atoms with van der Waals surface area (Å²) in [7, 11) is 0. The maximum Gasteiger partial charge on any atom is 0.195 e. The molecule has 3 nitrogen and oxygen atoms in total. The number of carbonyl (C=O) groups is 1. The number of aryl methyl sites for hydroxylation is 4. The fourth-order valence-corrected chi connectivity index (χ4v) is 17.7. The molecule has 0 saturated carbocycles. The van der Waals surface area contributed by atoms with Crippen molar-refractivity contribution in [1.29, 1.82) is 0 Å². The van der Waals surface area contributed by atoms with Crippen LogP contribution in [-0.4, -0.2) is 14.9 Å². The average Bonchev–Trinajstić information content (AvgIpc) is 1.66. The molecule has 0 bridgehead atoms. The smallest absolute Gasteiger partial charge is 0.195 e. The molecule has 21 rings (SSSR count). The first-order chi connectivity index (χ1) is 62.2. The van der Waals surface area contributed by atoms with Crippen molar-refractivity contribution in [2.75, 3.05) is 0 Å². The number of fused-ring (bicyclic) bond motifs is 6. The summed E-state index contributed by atoms with van der Waals surface area (Å²) in [5.41, 5.74) is 37.0. The maximum absolute atomic E-state index is 14.0. The molecule has 0 spiro atoms. The predicted octanol–water partition coefficient (Wildman–Crippen LogP) is 31.7. The minimum Gasteiger partial charge on any atom is -0.341 e. The highest BCUT2D eigenvalue weighted by Crippen LogP contribution is 2.51. The van der Waals surface area contributed by atoms with Crippen LogP contribution in [0.4, 0.5) is 0 Å². The first kappa shape index (κ1) is 82.2. The molecule has 0 fully saturated rings. The summed E-state index contributed by atoms with van der Waals surface area (Å²) in [6.07, 6.45) is 11.0. The zero-order valence-electron chi connectivity index (χ0n) is 71.3. The summed E-state index contributed by atoms with van der Waals surface area (Å²) in [4.78, 5) is 14.0. The SMILES string of the molecule is C#Cc1ccc2c(c1)c1cc(C#C)ccc1n2CC.CCn1c2ccc(C)cc2c2cc(C)ccc21.O=C1C(c2ccccc2)=C(c2ccccc2)C(c2ccccc2)=C1c1ccccc1.c1ccc(-c2ccc(-c3ccccc3)c(-c3ccccc3)c2-c2ccccc2)cc1.c1ccc(-c2ccc(-c3ccccc3)c(-c3ccccc3)c2-c2ccccc2)cc1. The minimum atomic E-state index is 0.0742. The van der Waals surface area contributed by atoms with Crippen molar-refractivity contribution in [3.8, 4) is 114 Å². The van der Waals surface area contributed by atoms with Gasteiger partial charge >= 0.3 is 0 Å². The van der Waals surface area contributed by atoms with Crippen LogP contribution in [0.5, 0.6) is 0 Å². The van der Waals surface area contributed by atoms with E-state index in [0.29, 0.717) is 0 Å². The van der Waals surface area contributed by atoms with E-state index in [-0.39, 0.29) is 5.78 Å². The van der Waals surface area contributed by atoms with Crippen LogP contribution in [0.1, 0.15) is 58.4 Å². The van der Waals surface area contributed by atoms with Gasteiger partial charge in [0.2, 0.25) is 0 Å². The number of nitrogens with zero attached hydrogens (tertiary/aromatic N) is 2. The molecule has 0 radical (unpaired) electrons. The molecule has 0 saturated heterocycles. The van der Waals surface area contributed by atoms with Crippen LogP contribution in [0.15, 0.2) is 461 Å². The Balaban J connectivity index is 0.000000113. The number of benzene rings is 18.